The van der Waals surface area contributed by atoms with E-state index in [-0.39, 0.29) is 16.5 Å². The molecule has 0 fully saturated rings. The summed E-state index contributed by atoms with van der Waals surface area (Å²) >= 11 is 6.86. The van der Waals surface area contributed by atoms with Crippen LogP contribution in [0.2, 0.25) is 5.02 Å². The van der Waals surface area contributed by atoms with Crippen LogP contribution >= 0.6 is 23.4 Å². The van der Waals surface area contributed by atoms with Crippen molar-refractivity contribution in [3.05, 3.63) is 53.1 Å². The maximum atomic E-state index is 13.0. The molecular formula is C18H17ClF3NO3S. The third kappa shape index (κ3) is 6.88. The lowest BCUT2D eigenvalue weighted by Crippen LogP contribution is -2.18. The second-order valence-corrected chi connectivity index (χ2v) is 6.85. The number of carbonyl (C=O) groups excluding carboxylic acids is 1. The molecule has 0 aliphatic heterocycles. The van der Waals surface area contributed by atoms with E-state index >= 15 is 0 Å². The van der Waals surface area contributed by atoms with Gasteiger partial charge in [0.2, 0.25) is 5.91 Å². The lowest BCUT2D eigenvalue weighted by Gasteiger charge is -2.14. The smallest absolute Gasteiger partial charge is 0.418 e. The zero-order valence-corrected chi connectivity index (χ0v) is 15.9. The third-order valence-electron chi connectivity index (χ3n) is 3.35. The summed E-state index contributed by atoms with van der Waals surface area (Å²) in [4.78, 5) is 11.9. The highest BCUT2D eigenvalue weighted by Gasteiger charge is 2.34. The molecule has 0 saturated carbocycles. The van der Waals surface area contributed by atoms with Gasteiger partial charge in [0, 0.05) is 10.8 Å². The minimum absolute atomic E-state index is 0.00585. The molecule has 4 nitrogen and oxygen atoms in total. The Morgan fingerprint density at radius 1 is 1.15 bits per heavy atom. The molecule has 1 amide bonds. The second kappa shape index (κ2) is 9.75. The van der Waals surface area contributed by atoms with Crippen molar-refractivity contribution in [3.63, 3.8) is 0 Å². The van der Waals surface area contributed by atoms with Gasteiger partial charge in [0.05, 0.1) is 30.7 Å². The Kier molecular flexibility index (Phi) is 7.67. The van der Waals surface area contributed by atoms with E-state index in [0.717, 1.165) is 12.1 Å². The van der Waals surface area contributed by atoms with E-state index in [0.29, 0.717) is 23.9 Å². The summed E-state index contributed by atoms with van der Waals surface area (Å²) < 4.78 is 49.6. The van der Waals surface area contributed by atoms with E-state index in [4.69, 9.17) is 21.1 Å². The fourth-order valence-electron chi connectivity index (χ4n) is 2.10. The van der Waals surface area contributed by atoms with E-state index in [1.54, 1.807) is 31.4 Å². The molecule has 0 aromatic heterocycles. The molecule has 0 bridgehead atoms. The number of rotatable bonds is 8. The average molecular weight is 420 g/mol. The number of alkyl halides is 3. The van der Waals surface area contributed by atoms with Crippen molar-refractivity contribution in [3.8, 4) is 11.5 Å². The number of thioether (sulfide) groups is 1. The largest absolute Gasteiger partial charge is 0.497 e. The minimum Gasteiger partial charge on any atom is -0.497 e. The van der Waals surface area contributed by atoms with Gasteiger partial charge < -0.3 is 14.8 Å². The van der Waals surface area contributed by atoms with Crippen LogP contribution in [-0.4, -0.2) is 31.1 Å². The van der Waals surface area contributed by atoms with Gasteiger partial charge in [0.1, 0.15) is 11.5 Å². The van der Waals surface area contributed by atoms with E-state index in [1.165, 1.54) is 17.8 Å². The summed E-state index contributed by atoms with van der Waals surface area (Å²) in [5.74, 6) is 1.36. The van der Waals surface area contributed by atoms with Crippen molar-refractivity contribution < 1.29 is 27.4 Å². The fraction of sp³-hybridized carbons (Fsp3) is 0.278. The van der Waals surface area contributed by atoms with Crippen molar-refractivity contribution in [2.24, 2.45) is 0 Å². The molecule has 9 heteroatoms. The standard InChI is InChI=1S/C18H17ClF3NO3S/c1-25-13-3-5-14(6-4-13)26-8-9-27-11-17(24)23-16-7-2-12(19)10-15(16)18(20,21)22/h2-7,10H,8-9,11H2,1H3,(H,23,24). The Morgan fingerprint density at radius 3 is 2.44 bits per heavy atom. The van der Waals surface area contributed by atoms with Gasteiger partial charge >= 0.3 is 6.18 Å². The van der Waals surface area contributed by atoms with Crippen LogP contribution in [-0.2, 0) is 11.0 Å². The summed E-state index contributed by atoms with van der Waals surface area (Å²) in [6.45, 7) is 0.360. The van der Waals surface area contributed by atoms with Crippen molar-refractivity contribution in [2.75, 3.05) is 30.5 Å². The number of hydrogen-bond acceptors (Lipinski definition) is 4. The number of benzene rings is 2. The lowest BCUT2D eigenvalue weighted by molar-refractivity contribution is -0.137. The highest BCUT2D eigenvalue weighted by molar-refractivity contribution is 7.99. The molecule has 0 spiro atoms. The van der Waals surface area contributed by atoms with Crippen LogP contribution in [0.5, 0.6) is 11.5 Å². The minimum atomic E-state index is -4.60. The molecule has 0 aliphatic carbocycles. The van der Waals surface area contributed by atoms with Crippen LogP contribution in [0.4, 0.5) is 18.9 Å². The molecule has 0 radical (unpaired) electrons. The first-order chi connectivity index (χ1) is 12.8. The number of ether oxygens (including phenoxy) is 2. The van der Waals surface area contributed by atoms with E-state index in [2.05, 4.69) is 5.32 Å². The van der Waals surface area contributed by atoms with Crippen LogP contribution in [0, 0.1) is 0 Å². The maximum absolute atomic E-state index is 13.0. The Balaban J connectivity index is 1.76. The number of methoxy groups -OCH3 is 1. The molecule has 146 valence electrons. The number of amides is 1. The van der Waals surface area contributed by atoms with Crippen molar-refractivity contribution >= 4 is 35.0 Å². The van der Waals surface area contributed by atoms with Gasteiger partial charge in [-0.15, -0.1) is 11.8 Å². The summed E-state index contributed by atoms with van der Waals surface area (Å²) in [7, 11) is 1.57. The molecule has 1 N–H and O–H groups in total. The number of hydrogen-bond donors (Lipinski definition) is 1. The summed E-state index contributed by atoms with van der Waals surface area (Å²) in [6.07, 6.45) is -4.60. The number of carbonyl (C=O) groups is 1. The summed E-state index contributed by atoms with van der Waals surface area (Å²) in [6, 6.07) is 10.3. The first-order valence-electron chi connectivity index (χ1n) is 7.81. The van der Waals surface area contributed by atoms with Crippen molar-refractivity contribution in [1.29, 1.82) is 0 Å². The normalized spacial score (nSPS) is 11.1. The van der Waals surface area contributed by atoms with E-state index in [9.17, 15) is 18.0 Å². The quantitative estimate of drug-likeness (QED) is 0.603. The first-order valence-corrected chi connectivity index (χ1v) is 9.34. The molecule has 2 aromatic carbocycles. The maximum Gasteiger partial charge on any atom is 0.418 e. The number of anilines is 1. The van der Waals surface area contributed by atoms with Crippen molar-refractivity contribution in [2.45, 2.75) is 6.18 Å². The zero-order valence-electron chi connectivity index (χ0n) is 14.3. The van der Waals surface area contributed by atoms with Gasteiger partial charge in [-0.25, -0.2) is 0 Å². The third-order valence-corrected chi connectivity index (χ3v) is 4.51. The fourth-order valence-corrected chi connectivity index (χ4v) is 2.88. The van der Waals surface area contributed by atoms with Gasteiger partial charge in [-0.3, -0.25) is 4.79 Å². The van der Waals surface area contributed by atoms with Crippen LogP contribution in [0.3, 0.4) is 0 Å². The van der Waals surface area contributed by atoms with Crippen LogP contribution in [0.15, 0.2) is 42.5 Å². The Bertz CT molecular complexity index is 769. The molecule has 27 heavy (non-hydrogen) atoms. The first kappa shape index (κ1) is 21.2. The van der Waals surface area contributed by atoms with Crippen LogP contribution < -0.4 is 14.8 Å². The lowest BCUT2D eigenvalue weighted by atomic mass is 10.1. The SMILES string of the molecule is COc1ccc(OCCSCC(=O)Nc2ccc(Cl)cc2C(F)(F)F)cc1. The Hall–Kier alpha value is -2.06. The highest BCUT2D eigenvalue weighted by Crippen LogP contribution is 2.36. The molecular weight excluding hydrogens is 403 g/mol. The van der Waals surface area contributed by atoms with Gasteiger partial charge in [-0.05, 0) is 42.5 Å². The zero-order chi connectivity index (χ0) is 19.9. The predicted molar refractivity (Wildman–Crippen MR) is 101 cm³/mol. The molecule has 2 aromatic rings. The molecule has 0 unspecified atom stereocenters. The van der Waals surface area contributed by atoms with Gasteiger partial charge in [-0.2, -0.15) is 13.2 Å². The number of halogens is 4. The van der Waals surface area contributed by atoms with Crippen LogP contribution in [0.1, 0.15) is 5.56 Å². The van der Waals surface area contributed by atoms with Crippen molar-refractivity contribution in [1.82, 2.24) is 0 Å². The molecule has 0 heterocycles. The van der Waals surface area contributed by atoms with E-state index < -0.39 is 17.6 Å². The van der Waals surface area contributed by atoms with Gasteiger partial charge in [-0.1, -0.05) is 11.6 Å². The topological polar surface area (TPSA) is 47.6 Å². The summed E-state index contributed by atoms with van der Waals surface area (Å²) in [5, 5.41) is 2.22. The average Bonchev–Trinajstić information content (AvgIpc) is 2.62. The second-order valence-electron chi connectivity index (χ2n) is 5.31. The molecule has 0 saturated heterocycles. The highest BCUT2D eigenvalue weighted by atomic mass is 35.5. The van der Waals surface area contributed by atoms with E-state index in [1.807, 2.05) is 0 Å². The summed E-state index contributed by atoms with van der Waals surface area (Å²) in [5.41, 5.74) is -1.29. The molecule has 0 atom stereocenters. The molecule has 2 rings (SSSR count). The van der Waals surface area contributed by atoms with Gasteiger partial charge in [0.15, 0.2) is 0 Å². The molecule has 0 aliphatic rings. The Morgan fingerprint density at radius 2 is 1.81 bits per heavy atom. The number of nitrogens with one attached hydrogen (secondary N) is 1. The van der Waals surface area contributed by atoms with Gasteiger partial charge in [0.25, 0.3) is 0 Å². The monoisotopic (exact) mass is 419 g/mol. The predicted octanol–water partition coefficient (Wildman–Crippen LogP) is 5.12. The van der Waals surface area contributed by atoms with Crippen LogP contribution in [0.25, 0.3) is 0 Å². The Labute approximate surface area is 164 Å².